The van der Waals surface area contributed by atoms with E-state index in [0.717, 1.165) is 16.8 Å². The lowest BCUT2D eigenvalue weighted by Gasteiger charge is -2.36. The Morgan fingerprint density at radius 1 is 0.951 bits per heavy atom. The molecule has 2 fully saturated rings. The lowest BCUT2D eigenvalue weighted by molar-refractivity contribution is -0.149. The van der Waals surface area contributed by atoms with E-state index in [-0.39, 0.29) is 29.5 Å². The summed E-state index contributed by atoms with van der Waals surface area (Å²) in [6.45, 7) is 4.45. The third-order valence-corrected chi connectivity index (χ3v) is 9.34. The molecule has 2 amide bonds. The molecule has 3 aromatic carbocycles. The van der Waals surface area contributed by atoms with Gasteiger partial charge in [-0.05, 0) is 55.7 Å². The van der Waals surface area contributed by atoms with Crippen LogP contribution in [0, 0.1) is 5.92 Å². The van der Waals surface area contributed by atoms with Gasteiger partial charge in [0.15, 0.2) is 0 Å². The van der Waals surface area contributed by atoms with Crippen LogP contribution in [0.15, 0.2) is 78.9 Å². The fraction of sp³-hybridized carbons (Fsp3) is 0.344. The molecule has 0 aromatic heterocycles. The third kappa shape index (κ3) is 5.08. The summed E-state index contributed by atoms with van der Waals surface area (Å²) in [5, 5.41) is 0. The van der Waals surface area contributed by atoms with E-state index in [1.54, 1.807) is 9.80 Å². The van der Waals surface area contributed by atoms with Gasteiger partial charge in [0.05, 0.1) is 30.6 Å². The molecule has 9 heteroatoms. The SMILES string of the molecule is CCOC(=O)C1CCN(CN2C(=O)[C@@]3(SCC(=O)N3c3ccc(OCc4ccccc4)cc3)c3ccccc32)CC1. The standard InChI is InChI=1S/C32H33N3O5S/c1-2-39-30(37)24-16-18-33(19-17-24)22-34-28-11-7-6-10-27(28)32(31(34)38)35(29(36)21-41-32)25-12-14-26(15-13-25)40-20-23-8-4-3-5-9-23/h3-15,24H,2,16-22H2,1H3/t32-/m0/s1. The first-order valence-corrected chi connectivity index (χ1v) is 15.0. The van der Waals surface area contributed by atoms with Gasteiger partial charge in [-0.25, -0.2) is 0 Å². The second-order valence-corrected chi connectivity index (χ2v) is 11.6. The topological polar surface area (TPSA) is 79.4 Å². The molecule has 0 unspecified atom stereocenters. The number of piperidine rings is 1. The van der Waals surface area contributed by atoms with Crippen molar-refractivity contribution in [1.29, 1.82) is 0 Å². The minimum atomic E-state index is -1.16. The fourth-order valence-electron chi connectivity index (χ4n) is 5.90. The summed E-state index contributed by atoms with van der Waals surface area (Å²) in [4.78, 5) is 44.5. The van der Waals surface area contributed by atoms with Gasteiger partial charge in [-0.15, -0.1) is 11.8 Å². The van der Waals surface area contributed by atoms with E-state index < -0.39 is 4.87 Å². The van der Waals surface area contributed by atoms with Crippen LogP contribution in [0.5, 0.6) is 5.75 Å². The van der Waals surface area contributed by atoms with Gasteiger partial charge in [0.1, 0.15) is 12.4 Å². The lowest BCUT2D eigenvalue weighted by Crippen LogP contribution is -2.52. The Morgan fingerprint density at radius 2 is 1.66 bits per heavy atom. The monoisotopic (exact) mass is 571 g/mol. The first-order chi connectivity index (χ1) is 20.0. The van der Waals surface area contributed by atoms with E-state index in [0.29, 0.717) is 57.3 Å². The highest BCUT2D eigenvalue weighted by atomic mass is 32.2. The predicted octanol–water partition coefficient (Wildman–Crippen LogP) is 4.78. The number of likely N-dealkylation sites (tertiary alicyclic amines) is 1. The average Bonchev–Trinajstić information content (AvgIpc) is 3.47. The quantitative estimate of drug-likeness (QED) is 0.360. The van der Waals surface area contributed by atoms with Crippen molar-refractivity contribution in [2.24, 2.45) is 5.92 Å². The molecular weight excluding hydrogens is 538 g/mol. The molecule has 6 rings (SSSR count). The predicted molar refractivity (Wildman–Crippen MR) is 159 cm³/mol. The molecule has 1 spiro atoms. The van der Waals surface area contributed by atoms with Crippen LogP contribution in [0.25, 0.3) is 0 Å². The maximum absolute atomic E-state index is 14.4. The minimum Gasteiger partial charge on any atom is -0.489 e. The molecule has 0 N–H and O–H groups in total. The van der Waals surface area contributed by atoms with Crippen LogP contribution in [0.1, 0.15) is 30.9 Å². The van der Waals surface area contributed by atoms with Crippen molar-refractivity contribution < 1.29 is 23.9 Å². The fourth-order valence-corrected chi connectivity index (χ4v) is 7.26. The largest absolute Gasteiger partial charge is 0.489 e. The number of fused-ring (bicyclic) bond motifs is 2. The molecule has 3 aliphatic rings. The van der Waals surface area contributed by atoms with Gasteiger partial charge in [0.2, 0.25) is 10.8 Å². The van der Waals surface area contributed by atoms with E-state index in [9.17, 15) is 14.4 Å². The van der Waals surface area contributed by atoms with Crippen LogP contribution < -0.4 is 14.5 Å². The second-order valence-electron chi connectivity index (χ2n) is 10.5. The summed E-state index contributed by atoms with van der Waals surface area (Å²) in [6.07, 6.45) is 1.40. The normalized spacial score (nSPS) is 21.0. The molecule has 3 aromatic rings. The Bertz CT molecular complexity index is 1420. The number of thioether (sulfide) groups is 1. The molecule has 3 heterocycles. The molecule has 0 aliphatic carbocycles. The molecule has 212 valence electrons. The Hall–Kier alpha value is -3.82. The second kappa shape index (κ2) is 11.6. The Kier molecular flexibility index (Phi) is 7.73. The number of benzene rings is 3. The van der Waals surface area contributed by atoms with Crippen LogP contribution >= 0.6 is 11.8 Å². The van der Waals surface area contributed by atoms with Crippen molar-refractivity contribution in [2.45, 2.75) is 31.2 Å². The summed E-state index contributed by atoms with van der Waals surface area (Å²) in [7, 11) is 0. The molecule has 3 aliphatic heterocycles. The number of hydrogen-bond donors (Lipinski definition) is 0. The molecular formula is C32H33N3O5S. The summed E-state index contributed by atoms with van der Waals surface area (Å²) in [6, 6.07) is 25.1. The number of anilines is 2. The number of amides is 2. The average molecular weight is 572 g/mol. The van der Waals surface area contributed by atoms with Gasteiger partial charge in [0, 0.05) is 24.3 Å². The molecule has 0 bridgehead atoms. The van der Waals surface area contributed by atoms with Gasteiger partial charge in [-0.3, -0.25) is 29.1 Å². The van der Waals surface area contributed by atoms with E-state index >= 15 is 0 Å². The van der Waals surface area contributed by atoms with Gasteiger partial charge >= 0.3 is 5.97 Å². The number of nitrogens with zero attached hydrogens (tertiary/aromatic N) is 3. The highest BCUT2D eigenvalue weighted by Gasteiger charge is 2.61. The molecule has 41 heavy (non-hydrogen) atoms. The number of carbonyl (C=O) groups excluding carboxylic acids is 3. The molecule has 1 atom stereocenters. The number of rotatable bonds is 8. The van der Waals surface area contributed by atoms with Gasteiger partial charge in [0.25, 0.3) is 5.91 Å². The van der Waals surface area contributed by atoms with Crippen molar-refractivity contribution in [2.75, 3.05) is 41.9 Å². The smallest absolute Gasteiger partial charge is 0.309 e. The Morgan fingerprint density at radius 3 is 2.39 bits per heavy atom. The maximum atomic E-state index is 14.4. The number of para-hydroxylation sites is 1. The summed E-state index contributed by atoms with van der Waals surface area (Å²) < 4.78 is 11.2. The van der Waals surface area contributed by atoms with E-state index in [1.165, 1.54) is 11.8 Å². The minimum absolute atomic E-state index is 0.0998. The molecule has 8 nitrogen and oxygen atoms in total. The first-order valence-electron chi connectivity index (χ1n) is 14.1. The van der Waals surface area contributed by atoms with Crippen LogP contribution in [0.3, 0.4) is 0 Å². The first kappa shape index (κ1) is 27.4. The number of esters is 1. The zero-order valence-electron chi connectivity index (χ0n) is 23.0. The van der Waals surface area contributed by atoms with Crippen LogP contribution in [-0.2, 0) is 30.6 Å². The Labute approximate surface area is 244 Å². The molecule has 2 saturated heterocycles. The summed E-state index contributed by atoms with van der Waals surface area (Å²) in [5.41, 5.74) is 3.37. The zero-order chi connectivity index (χ0) is 28.4. The van der Waals surface area contributed by atoms with Gasteiger partial charge < -0.3 is 9.47 Å². The van der Waals surface area contributed by atoms with E-state index in [4.69, 9.17) is 9.47 Å². The van der Waals surface area contributed by atoms with Crippen molar-refractivity contribution in [1.82, 2.24) is 4.90 Å². The summed E-state index contributed by atoms with van der Waals surface area (Å²) >= 11 is 1.38. The van der Waals surface area contributed by atoms with Crippen molar-refractivity contribution in [3.8, 4) is 5.75 Å². The molecule has 0 radical (unpaired) electrons. The lowest BCUT2D eigenvalue weighted by atomic mass is 9.97. The third-order valence-electron chi connectivity index (χ3n) is 7.96. The summed E-state index contributed by atoms with van der Waals surface area (Å²) in [5.74, 6) is 0.445. The van der Waals surface area contributed by atoms with Gasteiger partial charge in [-0.1, -0.05) is 48.5 Å². The number of hydrogen-bond acceptors (Lipinski definition) is 7. The maximum Gasteiger partial charge on any atom is 0.309 e. The molecule has 0 saturated carbocycles. The Balaban J connectivity index is 1.22. The van der Waals surface area contributed by atoms with E-state index in [1.807, 2.05) is 85.8 Å². The van der Waals surface area contributed by atoms with E-state index in [2.05, 4.69) is 4.90 Å². The van der Waals surface area contributed by atoms with Gasteiger partial charge in [-0.2, -0.15) is 0 Å². The zero-order valence-corrected chi connectivity index (χ0v) is 23.8. The van der Waals surface area contributed by atoms with Crippen LogP contribution in [0.4, 0.5) is 11.4 Å². The van der Waals surface area contributed by atoms with Crippen molar-refractivity contribution in [3.63, 3.8) is 0 Å². The van der Waals surface area contributed by atoms with Crippen molar-refractivity contribution >= 4 is 40.9 Å². The number of carbonyl (C=O) groups is 3. The van der Waals surface area contributed by atoms with Crippen LogP contribution in [-0.4, -0.2) is 54.8 Å². The highest BCUT2D eigenvalue weighted by molar-refractivity contribution is 8.02. The highest BCUT2D eigenvalue weighted by Crippen LogP contribution is 2.55. The van der Waals surface area contributed by atoms with Crippen molar-refractivity contribution in [3.05, 3.63) is 90.0 Å². The number of ether oxygens (including phenoxy) is 2. The van der Waals surface area contributed by atoms with Crippen LogP contribution in [0.2, 0.25) is 0 Å².